The molecule has 0 atom stereocenters. The number of nitrogens with zero attached hydrogens (tertiary/aromatic N) is 1. The number of aryl methyl sites for hydroxylation is 1. The molecule has 4 heteroatoms. The molecule has 0 radical (unpaired) electrons. The van der Waals surface area contributed by atoms with Gasteiger partial charge < -0.3 is 15.1 Å². The number of aliphatic carboxylic acids is 1. The van der Waals surface area contributed by atoms with E-state index in [0.29, 0.717) is 13.0 Å². The molecule has 0 aliphatic rings. The Bertz CT molecular complexity index is 348. The van der Waals surface area contributed by atoms with E-state index in [-0.39, 0.29) is 13.2 Å². The summed E-state index contributed by atoms with van der Waals surface area (Å²) in [5.41, 5.74) is 2.07. The van der Waals surface area contributed by atoms with Crippen molar-refractivity contribution in [3.05, 3.63) is 29.8 Å². The van der Waals surface area contributed by atoms with E-state index >= 15 is 0 Å². The first-order valence-corrected chi connectivity index (χ1v) is 5.77. The molecule has 0 bridgehead atoms. The lowest BCUT2D eigenvalue weighted by molar-refractivity contribution is -0.135. The molecule has 4 nitrogen and oxygen atoms in total. The lowest BCUT2D eigenvalue weighted by Crippen LogP contribution is -2.30. The van der Waals surface area contributed by atoms with Gasteiger partial charge in [-0.15, -0.1) is 0 Å². The van der Waals surface area contributed by atoms with Crippen molar-refractivity contribution in [2.75, 3.05) is 24.6 Å². The Balaban J connectivity index is 2.67. The monoisotopic (exact) mass is 237 g/mol. The number of carbonyl (C=O) groups is 1. The van der Waals surface area contributed by atoms with Gasteiger partial charge in [0.2, 0.25) is 0 Å². The van der Waals surface area contributed by atoms with Crippen molar-refractivity contribution in [3.8, 4) is 0 Å². The van der Waals surface area contributed by atoms with E-state index in [0.717, 1.165) is 17.7 Å². The molecule has 0 spiro atoms. The largest absolute Gasteiger partial charge is 0.480 e. The molecule has 94 valence electrons. The lowest BCUT2D eigenvalue weighted by Gasteiger charge is -2.22. The molecule has 0 aromatic heterocycles. The number of anilines is 1. The number of carboxylic acids is 1. The normalized spacial score (nSPS) is 10.2. The molecule has 2 N–H and O–H groups in total. The number of aliphatic hydroxyl groups is 1. The molecule has 0 aliphatic heterocycles. The first-order chi connectivity index (χ1) is 8.13. The van der Waals surface area contributed by atoms with E-state index in [1.807, 2.05) is 36.1 Å². The average molecular weight is 237 g/mol. The van der Waals surface area contributed by atoms with E-state index in [9.17, 15) is 4.79 Å². The topological polar surface area (TPSA) is 60.8 Å². The number of hydrogen-bond donors (Lipinski definition) is 2. The highest BCUT2D eigenvalue weighted by Crippen LogP contribution is 2.15. The third-order valence-electron chi connectivity index (χ3n) is 2.56. The zero-order valence-corrected chi connectivity index (χ0v) is 10.1. The molecule has 0 heterocycles. The van der Waals surface area contributed by atoms with Crippen LogP contribution in [0.3, 0.4) is 0 Å². The van der Waals surface area contributed by atoms with Gasteiger partial charge in [0.05, 0.1) is 0 Å². The molecule has 0 saturated heterocycles. The standard InChI is InChI=1S/C13H19NO3/c1-11-4-6-12(7-5-11)14(10-13(16)17)8-2-3-9-15/h4-7,15H,2-3,8-10H2,1H3,(H,16,17). The molecule has 1 aromatic carbocycles. The van der Waals surface area contributed by atoms with E-state index in [1.165, 1.54) is 0 Å². The summed E-state index contributed by atoms with van der Waals surface area (Å²) in [4.78, 5) is 12.6. The fourth-order valence-electron chi connectivity index (χ4n) is 1.63. The van der Waals surface area contributed by atoms with Crippen molar-refractivity contribution in [1.29, 1.82) is 0 Å². The maximum atomic E-state index is 10.8. The summed E-state index contributed by atoms with van der Waals surface area (Å²) in [5.74, 6) is -0.838. The first kappa shape index (κ1) is 13.5. The summed E-state index contributed by atoms with van der Waals surface area (Å²) in [6.07, 6.45) is 1.49. The van der Waals surface area contributed by atoms with Crippen molar-refractivity contribution in [2.24, 2.45) is 0 Å². The van der Waals surface area contributed by atoms with Crippen LogP contribution in [-0.2, 0) is 4.79 Å². The van der Waals surface area contributed by atoms with Gasteiger partial charge in [-0.3, -0.25) is 4.79 Å². The highest BCUT2D eigenvalue weighted by molar-refractivity contribution is 5.73. The Morgan fingerprint density at radius 1 is 1.24 bits per heavy atom. The van der Waals surface area contributed by atoms with E-state index in [1.54, 1.807) is 0 Å². The van der Waals surface area contributed by atoms with Gasteiger partial charge in [0.1, 0.15) is 6.54 Å². The first-order valence-electron chi connectivity index (χ1n) is 5.77. The Hall–Kier alpha value is -1.55. The summed E-state index contributed by atoms with van der Waals surface area (Å²) < 4.78 is 0. The summed E-state index contributed by atoms with van der Waals surface area (Å²) in [5, 5.41) is 17.6. The number of unbranched alkanes of at least 4 members (excludes halogenated alkanes) is 1. The number of benzene rings is 1. The molecule has 0 saturated carbocycles. The summed E-state index contributed by atoms with van der Waals surface area (Å²) >= 11 is 0. The predicted octanol–water partition coefficient (Wildman–Crippen LogP) is 1.66. The van der Waals surface area contributed by atoms with Gasteiger partial charge in [-0.05, 0) is 31.9 Å². The second-order valence-electron chi connectivity index (χ2n) is 4.08. The van der Waals surface area contributed by atoms with Gasteiger partial charge in [0, 0.05) is 18.8 Å². The molecule has 0 aliphatic carbocycles. The van der Waals surface area contributed by atoms with Gasteiger partial charge in [0.15, 0.2) is 0 Å². The van der Waals surface area contributed by atoms with Crippen LogP contribution in [0, 0.1) is 6.92 Å². The Morgan fingerprint density at radius 3 is 2.41 bits per heavy atom. The second-order valence-corrected chi connectivity index (χ2v) is 4.08. The Morgan fingerprint density at radius 2 is 1.88 bits per heavy atom. The number of aliphatic hydroxyl groups excluding tert-OH is 1. The smallest absolute Gasteiger partial charge is 0.323 e. The molecule has 0 amide bonds. The summed E-state index contributed by atoms with van der Waals surface area (Å²) in [6.45, 7) is 2.79. The van der Waals surface area contributed by atoms with Gasteiger partial charge in [-0.1, -0.05) is 17.7 Å². The zero-order valence-electron chi connectivity index (χ0n) is 10.1. The minimum absolute atomic E-state index is 0.00547. The van der Waals surface area contributed by atoms with Crippen molar-refractivity contribution in [2.45, 2.75) is 19.8 Å². The molecule has 0 fully saturated rings. The van der Waals surface area contributed by atoms with E-state index < -0.39 is 5.97 Å². The van der Waals surface area contributed by atoms with E-state index in [2.05, 4.69) is 0 Å². The Labute approximate surface area is 101 Å². The summed E-state index contributed by atoms with van der Waals surface area (Å²) in [7, 11) is 0. The third kappa shape index (κ3) is 4.87. The van der Waals surface area contributed by atoms with Crippen LogP contribution in [0.4, 0.5) is 5.69 Å². The summed E-state index contributed by atoms with van der Waals surface area (Å²) in [6, 6.07) is 7.79. The van der Waals surface area contributed by atoms with Crippen LogP contribution in [0.2, 0.25) is 0 Å². The molecule has 1 aromatic rings. The minimum Gasteiger partial charge on any atom is -0.480 e. The van der Waals surface area contributed by atoms with Gasteiger partial charge in [-0.25, -0.2) is 0 Å². The molecular weight excluding hydrogens is 218 g/mol. The predicted molar refractivity (Wildman–Crippen MR) is 67.3 cm³/mol. The van der Waals surface area contributed by atoms with Crippen molar-refractivity contribution in [1.82, 2.24) is 0 Å². The maximum Gasteiger partial charge on any atom is 0.323 e. The van der Waals surface area contributed by atoms with Crippen LogP contribution in [0.15, 0.2) is 24.3 Å². The number of rotatable bonds is 7. The highest BCUT2D eigenvalue weighted by Gasteiger charge is 2.09. The maximum absolute atomic E-state index is 10.8. The minimum atomic E-state index is -0.838. The highest BCUT2D eigenvalue weighted by atomic mass is 16.4. The third-order valence-corrected chi connectivity index (χ3v) is 2.56. The van der Waals surface area contributed by atoms with Crippen molar-refractivity contribution in [3.63, 3.8) is 0 Å². The van der Waals surface area contributed by atoms with Crippen LogP contribution in [0.5, 0.6) is 0 Å². The SMILES string of the molecule is Cc1ccc(N(CCCCO)CC(=O)O)cc1. The van der Waals surface area contributed by atoms with Crippen LogP contribution in [0.25, 0.3) is 0 Å². The van der Waals surface area contributed by atoms with Crippen LogP contribution >= 0.6 is 0 Å². The molecule has 17 heavy (non-hydrogen) atoms. The molecular formula is C13H19NO3. The fraction of sp³-hybridized carbons (Fsp3) is 0.462. The number of carboxylic acid groups (broad SMARTS) is 1. The van der Waals surface area contributed by atoms with Crippen molar-refractivity contribution < 1.29 is 15.0 Å². The van der Waals surface area contributed by atoms with Gasteiger partial charge in [0.25, 0.3) is 0 Å². The van der Waals surface area contributed by atoms with Crippen LogP contribution in [0.1, 0.15) is 18.4 Å². The number of hydrogen-bond acceptors (Lipinski definition) is 3. The van der Waals surface area contributed by atoms with Gasteiger partial charge >= 0.3 is 5.97 Å². The second kappa shape index (κ2) is 6.91. The van der Waals surface area contributed by atoms with Crippen molar-refractivity contribution >= 4 is 11.7 Å². The Kier molecular flexibility index (Phi) is 5.49. The molecule has 1 rings (SSSR count). The fourth-order valence-corrected chi connectivity index (χ4v) is 1.63. The van der Waals surface area contributed by atoms with Crippen LogP contribution < -0.4 is 4.90 Å². The zero-order chi connectivity index (χ0) is 12.7. The van der Waals surface area contributed by atoms with Gasteiger partial charge in [-0.2, -0.15) is 0 Å². The van der Waals surface area contributed by atoms with Crippen LogP contribution in [-0.4, -0.2) is 35.9 Å². The molecule has 0 unspecified atom stereocenters. The average Bonchev–Trinajstić information content (AvgIpc) is 2.28. The lowest BCUT2D eigenvalue weighted by atomic mass is 10.2. The van der Waals surface area contributed by atoms with E-state index in [4.69, 9.17) is 10.2 Å². The quantitative estimate of drug-likeness (QED) is 0.708.